The molecule has 0 amide bonds. The van der Waals surface area contributed by atoms with Crippen LogP contribution in [0.25, 0.3) is 0 Å². The van der Waals surface area contributed by atoms with E-state index < -0.39 is 20.4 Å². The van der Waals surface area contributed by atoms with Crippen molar-refractivity contribution in [2.75, 3.05) is 0 Å². The third kappa shape index (κ3) is 2.49. The molecule has 1 aliphatic carbocycles. The molecule has 4 nitrogen and oxygen atoms in total. The molecule has 1 aliphatic rings. The first-order valence-electron chi connectivity index (χ1n) is 7.80. The predicted octanol–water partition coefficient (Wildman–Crippen LogP) is 3.01. The van der Waals surface area contributed by atoms with Gasteiger partial charge >= 0.3 is 0 Å². The average molecular weight is 342 g/mol. The summed E-state index contributed by atoms with van der Waals surface area (Å²) in [6, 6.07) is 15.0. The second-order valence-electron chi connectivity index (χ2n) is 6.18. The van der Waals surface area contributed by atoms with E-state index in [9.17, 15) is 18.0 Å². The van der Waals surface area contributed by atoms with Gasteiger partial charge in [-0.1, -0.05) is 42.5 Å². The Kier molecular flexibility index (Phi) is 4.13. The van der Waals surface area contributed by atoms with E-state index in [0.29, 0.717) is 5.56 Å². The normalized spacial score (nSPS) is 20.0. The van der Waals surface area contributed by atoms with Gasteiger partial charge in [0.15, 0.2) is 15.6 Å². The maximum absolute atomic E-state index is 13.3. The molecule has 24 heavy (non-hydrogen) atoms. The number of ketones is 2. The molecule has 0 bridgehead atoms. The summed E-state index contributed by atoms with van der Waals surface area (Å²) < 4.78 is 25.0. The molecule has 0 N–H and O–H groups in total. The molecule has 0 radical (unpaired) electrons. The summed E-state index contributed by atoms with van der Waals surface area (Å²) in [7, 11) is -3.91. The third-order valence-corrected chi connectivity index (χ3v) is 7.06. The fourth-order valence-electron chi connectivity index (χ4n) is 3.29. The maximum atomic E-state index is 13.3. The van der Waals surface area contributed by atoms with Crippen LogP contribution >= 0.6 is 0 Å². The summed E-state index contributed by atoms with van der Waals surface area (Å²) in [5, 5.41) is 0. The molecule has 0 spiro atoms. The van der Waals surface area contributed by atoms with Crippen molar-refractivity contribution in [3.63, 3.8) is 0 Å². The highest BCUT2D eigenvalue weighted by Crippen LogP contribution is 2.42. The first-order chi connectivity index (χ1) is 11.4. The minimum atomic E-state index is -3.91. The van der Waals surface area contributed by atoms with Crippen LogP contribution in [0.5, 0.6) is 0 Å². The Morgan fingerprint density at radius 3 is 2.29 bits per heavy atom. The monoisotopic (exact) mass is 342 g/mol. The zero-order valence-corrected chi connectivity index (χ0v) is 14.2. The van der Waals surface area contributed by atoms with Crippen molar-refractivity contribution < 1.29 is 18.0 Å². The lowest BCUT2D eigenvalue weighted by Gasteiger charge is -2.27. The van der Waals surface area contributed by atoms with E-state index in [-0.39, 0.29) is 29.9 Å². The lowest BCUT2D eigenvalue weighted by atomic mass is 9.96. The second-order valence-corrected chi connectivity index (χ2v) is 8.44. The van der Waals surface area contributed by atoms with Gasteiger partial charge in [-0.2, -0.15) is 0 Å². The van der Waals surface area contributed by atoms with Gasteiger partial charge in [-0.05, 0) is 31.0 Å². The van der Waals surface area contributed by atoms with Crippen molar-refractivity contribution in [2.24, 2.45) is 0 Å². The molecule has 0 heterocycles. The van der Waals surface area contributed by atoms with Gasteiger partial charge in [-0.25, -0.2) is 8.42 Å². The highest BCUT2D eigenvalue weighted by molar-refractivity contribution is 7.93. The summed E-state index contributed by atoms with van der Waals surface area (Å²) in [5.74, 6) is -0.524. The van der Waals surface area contributed by atoms with Crippen molar-refractivity contribution in [1.82, 2.24) is 0 Å². The first-order valence-corrected chi connectivity index (χ1v) is 9.29. The molecular weight excluding hydrogens is 324 g/mol. The van der Waals surface area contributed by atoms with E-state index in [2.05, 4.69) is 0 Å². The molecule has 0 aliphatic heterocycles. The van der Waals surface area contributed by atoms with E-state index in [1.165, 1.54) is 19.1 Å². The minimum Gasteiger partial charge on any atom is -0.300 e. The van der Waals surface area contributed by atoms with Crippen LogP contribution in [0.2, 0.25) is 0 Å². The Labute approximate surface area is 141 Å². The highest BCUT2D eigenvalue weighted by Gasteiger charge is 2.55. The summed E-state index contributed by atoms with van der Waals surface area (Å²) in [5.41, 5.74) is 1.17. The molecule has 3 rings (SSSR count). The number of carbonyl (C=O) groups is 2. The van der Waals surface area contributed by atoms with E-state index in [4.69, 9.17) is 0 Å². The van der Waals surface area contributed by atoms with Crippen LogP contribution in [0.1, 0.15) is 35.7 Å². The van der Waals surface area contributed by atoms with Crippen molar-refractivity contribution in [3.8, 4) is 0 Å². The van der Waals surface area contributed by atoms with Gasteiger partial charge in [0.1, 0.15) is 10.5 Å². The molecule has 0 fully saturated rings. The van der Waals surface area contributed by atoms with Crippen LogP contribution in [0, 0.1) is 0 Å². The zero-order chi connectivity index (χ0) is 17.4. The van der Waals surface area contributed by atoms with Gasteiger partial charge in [0.2, 0.25) is 0 Å². The Morgan fingerprint density at radius 1 is 1.04 bits per heavy atom. The van der Waals surface area contributed by atoms with Gasteiger partial charge < -0.3 is 4.79 Å². The molecule has 124 valence electrons. The van der Waals surface area contributed by atoms with Crippen LogP contribution in [-0.2, 0) is 21.1 Å². The predicted molar refractivity (Wildman–Crippen MR) is 90.8 cm³/mol. The van der Waals surface area contributed by atoms with Gasteiger partial charge in [-0.15, -0.1) is 0 Å². The van der Waals surface area contributed by atoms with Crippen LogP contribution in [-0.4, -0.2) is 24.7 Å². The number of carbonyl (C=O) groups excluding carboxylic acids is 2. The average Bonchev–Trinajstić information content (AvgIpc) is 2.88. The molecular formula is C19H18O4S. The van der Waals surface area contributed by atoms with Gasteiger partial charge in [0.05, 0.1) is 4.90 Å². The van der Waals surface area contributed by atoms with Gasteiger partial charge in [-0.3, -0.25) is 4.79 Å². The summed E-state index contributed by atoms with van der Waals surface area (Å²) in [4.78, 5) is 24.7. The van der Waals surface area contributed by atoms with Crippen molar-refractivity contribution in [3.05, 3.63) is 65.7 Å². The number of benzene rings is 2. The Balaban J connectivity index is 2.16. The topological polar surface area (TPSA) is 68.3 Å². The quantitative estimate of drug-likeness (QED) is 0.838. The van der Waals surface area contributed by atoms with E-state index in [1.54, 1.807) is 42.5 Å². The number of hydrogen-bond donors (Lipinski definition) is 0. The molecule has 2 aromatic carbocycles. The van der Waals surface area contributed by atoms with Gasteiger partial charge in [0.25, 0.3) is 0 Å². The standard InChI is InChI=1S/C19H18O4S/c1-14(20)11-12-19(24(22,23)16-8-3-2-4-9-16)13-15-7-5-6-10-17(15)18(19)21/h2-10H,11-13H2,1H3. The fourth-order valence-corrected chi connectivity index (χ4v) is 5.32. The number of sulfone groups is 1. The maximum Gasteiger partial charge on any atom is 0.191 e. The fraction of sp³-hybridized carbons (Fsp3) is 0.263. The van der Waals surface area contributed by atoms with Crippen LogP contribution in [0.15, 0.2) is 59.5 Å². The summed E-state index contributed by atoms with van der Waals surface area (Å²) in [6.07, 6.45) is 0.186. The van der Waals surface area contributed by atoms with Gasteiger partial charge in [0, 0.05) is 18.4 Å². The van der Waals surface area contributed by atoms with Crippen molar-refractivity contribution in [2.45, 2.75) is 35.8 Å². The summed E-state index contributed by atoms with van der Waals surface area (Å²) in [6.45, 7) is 1.41. The van der Waals surface area contributed by atoms with E-state index in [0.717, 1.165) is 5.56 Å². The minimum absolute atomic E-state index is 0.00702. The third-order valence-electron chi connectivity index (χ3n) is 4.60. The zero-order valence-electron chi connectivity index (χ0n) is 13.4. The van der Waals surface area contributed by atoms with Crippen LogP contribution in [0.4, 0.5) is 0 Å². The van der Waals surface area contributed by atoms with E-state index in [1.807, 2.05) is 0 Å². The van der Waals surface area contributed by atoms with Crippen molar-refractivity contribution >= 4 is 21.4 Å². The first kappa shape index (κ1) is 16.6. The largest absolute Gasteiger partial charge is 0.300 e. The smallest absolute Gasteiger partial charge is 0.191 e. The Bertz CT molecular complexity index is 900. The molecule has 1 unspecified atom stereocenters. The lowest BCUT2D eigenvalue weighted by molar-refractivity contribution is -0.117. The van der Waals surface area contributed by atoms with Crippen LogP contribution in [0.3, 0.4) is 0 Å². The Hall–Kier alpha value is -2.27. The number of fused-ring (bicyclic) bond motifs is 1. The molecule has 0 saturated carbocycles. The number of rotatable bonds is 5. The second kappa shape index (κ2) is 5.98. The molecule has 0 aromatic heterocycles. The van der Waals surface area contributed by atoms with E-state index >= 15 is 0 Å². The number of Topliss-reactive ketones (excluding diaryl/α,β-unsaturated/α-hetero) is 2. The highest BCUT2D eigenvalue weighted by atomic mass is 32.2. The lowest BCUT2D eigenvalue weighted by Crippen LogP contribution is -2.45. The molecule has 0 saturated heterocycles. The van der Waals surface area contributed by atoms with Crippen LogP contribution < -0.4 is 0 Å². The Morgan fingerprint density at radius 2 is 1.67 bits per heavy atom. The number of hydrogen-bond acceptors (Lipinski definition) is 4. The summed E-state index contributed by atoms with van der Waals surface area (Å²) >= 11 is 0. The SMILES string of the molecule is CC(=O)CCC1(S(=O)(=O)c2ccccc2)Cc2ccccc2C1=O. The molecule has 5 heteroatoms. The molecule has 1 atom stereocenters. The molecule has 2 aromatic rings. The van der Waals surface area contributed by atoms with Crippen molar-refractivity contribution in [1.29, 1.82) is 0 Å².